The fraction of sp³-hybridized carbons (Fsp3) is 0.429. The minimum atomic E-state index is -0.441. The molecule has 13 heavy (non-hydrogen) atoms. The van der Waals surface area contributed by atoms with Crippen molar-refractivity contribution in [2.75, 3.05) is 19.0 Å². The van der Waals surface area contributed by atoms with Crippen molar-refractivity contribution in [3.8, 4) is 0 Å². The molecule has 1 aliphatic rings. The minimum Gasteiger partial charge on any atom is -0.339 e. The lowest BCUT2D eigenvalue weighted by Crippen LogP contribution is -2.57. The van der Waals surface area contributed by atoms with Crippen LogP contribution in [0.25, 0.3) is 0 Å². The van der Waals surface area contributed by atoms with Crippen molar-refractivity contribution in [3.05, 3.63) is 12.0 Å². The van der Waals surface area contributed by atoms with Gasteiger partial charge in [0, 0.05) is 14.1 Å². The summed E-state index contributed by atoms with van der Waals surface area (Å²) in [4.78, 5) is 21.6. The number of carbonyl (C=O) groups excluding carboxylic acids is 1. The average Bonchev–Trinajstić information content (AvgIpc) is 2.59. The molecule has 3 N–H and O–H groups in total. The Hall–Kier alpha value is -1.56. The van der Waals surface area contributed by atoms with Gasteiger partial charge >= 0.3 is 0 Å². The summed E-state index contributed by atoms with van der Waals surface area (Å²) in [7, 11) is 3.46. The molecule has 1 atom stereocenters. The molecular weight excluding hydrogens is 170 g/mol. The number of aromatic amines is 1. The topological polar surface area (TPSA) is 78.2 Å². The number of aromatic nitrogens is 2. The number of H-pyrrole nitrogens is 1. The maximum Gasteiger partial charge on any atom is 0.276 e. The molecule has 0 saturated heterocycles. The number of carbonyl (C=O) groups is 1. The molecule has 6 heteroatoms. The van der Waals surface area contributed by atoms with E-state index in [1.165, 1.54) is 11.2 Å². The van der Waals surface area contributed by atoms with Crippen molar-refractivity contribution in [2.45, 2.75) is 6.29 Å². The molecule has 1 unspecified atom stereocenters. The first-order valence-corrected chi connectivity index (χ1v) is 3.92. The van der Waals surface area contributed by atoms with E-state index < -0.39 is 6.29 Å². The van der Waals surface area contributed by atoms with E-state index in [4.69, 9.17) is 5.73 Å². The van der Waals surface area contributed by atoms with Gasteiger partial charge in [-0.1, -0.05) is 0 Å². The van der Waals surface area contributed by atoms with Crippen molar-refractivity contribution in [3.63, 3.8) is 0 Å². The van der Waals surface area contributed by atoms with Crippen LogP contribution in [0.15, 0.2) is 6.33 Å². The molecule has 1 aromatic heterocycles. The smallest absolute Gasteiger partial charge is 0.276 e. The van der Waals surface area contributed by atoms with Crippen LogP contribution in [0.1, 0.15) is 10.5 Å². The van der Waals surface area contributed by atoms with Gasteiger partial charge in [0.2, 0.25) is 0 Å². The van der Waals surface area contributed by atoms with E-state index in [-0.39, 0.29) is 5.91 Å². The monoisotopic (exact) mass is 181 g/mol. The number of nitrogens with two attached hydrogens (primary N) is 1. The number of anilines is 1. The predicted octanol–water partition coefficient (Wildman–Crippen LogP) is -0.826. The highest BCUT2D eigenvalue weighted by molar-refractivity contribution is 5.98. The second kappa shape index (κ2) is 2.46. The highest BCUT2D eigenvalue weighted by atomic mass is 16.2. The minimum absolute atomic E-state index is 0.127. The zero-order valence-electron chi connectivity index (χ0n) is 7.48. The quantitative estimate of drug-likeness (QED) is 0.547. The third kappa shape index (κ3) is 0.919. The standard InChI is InChI=1S/C7H11N5O/c1-11-5-4(9-3-10-5)6(13)12(2)7(11)8/h3,7H,8H2,1-2H3,(H,9,10). The number of nitrogens with one attached hydrogen (secondary N) is 1. The fourth-order valence-electron chi connectivity index (χ4n) is 1.39. The van der Waals surface area contributed by atoms with E-state index in [2.05, 4.69) is 9.97 Å². The Morgan fingerprint density at radius 2 is 2.23 bits per heavy atom. The highest BCUT2D eigenvalue weighted by Gasteiger charge is 2.32. The summed E-state index contributed by atoms with van der Waals surface area (Å²) in [6.07, 6.45) is 1.05. The summed E-state index contributed by atoms with van der Waals surface area (Å²) >= 11 is 0. The molecule has 1 aromatic rings. The van der Waals surface area contributed by atoms with Crippen LogP contribution in [-0.2, 0) is 0 Å². The van der Waals surface area contributed by atoms with Crippen LogP contribution in [0.5, 0.6) is 0 Å². The molecule has 2 heterocycles. The van der Waals surface area contributed by atoms with Crippen molar-refractivity contribution < 1.29 is 4.79 Å². The van der Waals surface area contributed by atoms with E-state index >= 15 is 0 Å². The Morgan fingerprint density at radius 1 is 1.54 bits per heavy atom. The zero-order valence-corrected chi connectivity index (χ0v) is 7.48. The van der Waals surface area contributed by atoms with Crippen molar-refractivity contribution in [1.29, 1.82) is 0 Å². The van der Waals surface area contributed by atoms with Gasteiger partial charge in [-0.25, -0.2) is 4.98 Å². The van der Waals surface area contributed by atoms with Gasteiger partial charge in [-0.05, 0) is 0 Å². The largest absolute Gasteiger partial charge is 0.339 e. The van der Waals surface area contributed by atoms with Gasteiger partial charge in [-0.15, -0.1) is 0 Å². The van der Waals surface area contributed by atoms with Gasteiger partial charge in [0.15, 0.2) is 12.1 Å². The molecule has 0 radical (unpaired) electrons. The first-order valence-electron chi connectivity index (χ1n) is 3.92. The number of hydrogen-bond donors (Lipinski definition) is 2. The Morgan fingerprint density at radius 3 is 2.92 bits per heavy atom. The molecule has 0 aliphatic carbocycles. The van der Waals surface area contributed by atoms with Gasteiger partial charge in [-0.3, -0.25) is 10.5 Å². The first-order chi connectivity index (χ1) is 6.13. The lowest BCUT2D eigenvalue weighted by molar-refractivity contribution is 0.0711. The number of hydrogen-bond acceptors (Lipinski definition) is 4. The van der Waals surface area contributed by atoms with Crippen molar-refractivity contribution in [2.24, 2.45) is 5.73 Å². The van der Waals surface area contributed by atoms with Crippen LogP contribution in [0, 0.1) is 0 Å². The van der Waals surface area contributed by atoms with Crippen molar-refractivity contribution in [1.82, 2.24) is 14.9 Å². The summed E-state index contributed by atoms with van der Waals surface area (Å²) in [5.74, 6) is 0.480. The molecule has 1 amide bonds. The second-order valence-corrected chi connectivity index (χ2v) is 3.04. The molecule has 0 saturated carbocycles. The van der Waals surface area contributed by atoms with Crippen LogP contribution < -0.4 is 10.6 Å². The van der Waals surface area contributed by atoms with E-state index in [0.717, 1.165) is 0 Å². The molecule has 0 bridgehead atoms. The summed E-state index contributed by atoms with van der Waals surface area (Å²) in [5.41, 5.74) is 6.26. The Labute approximate surface area is 75.3 Å². The summed E-state index contributed by atoms with van der Waals surface area (Å²) in [6, 6.07) is 0. The molecule has 2 rings (SSSR count). The molecule has 0 fully saturated rings. The van der Waals surface area contributed by atoms with Gasteiger partial charge < -0.3 is 14.8 Å². The predicted molar refractivity (Wildman–Crippen MR) is 47.1 cm³/mol. The number of rotatable bonds is 0. The number of amides is 1. The molecule has 0 spiro atoms. The highest BCUT2D eigenvalue weighted by Crippen LogP contribution is 2.22. The molecule has 6 nitrogen and oxygen atoms in total. The van der Waals surface area contributed by atoms with Gasteiger partial charge in [0.1, 0.15) is 5.69 Å². The normalized spacial score (nSPS) is 22.1. The maximum atomic E-state index is 11.6. The Kier molecular flexibility index (Phi) is 1.53. The van der Waals surface area contributed by atoms with Crippen LogP contribution in [0.2, 0.25) is 0 Å². The fourth-order valence-corrected chi connectivity index (χ4v) is 1.39. The van der Waals surface area contributed by atoms with E-state index in [0.29, 0.717) is 11.5 Å². The molecule has 70 valence electrons. The zero-order chi connectivity index (χ0) is 9.59. The van der Waals surface area contributed by atoms with Crippen LogP contribution in [0.4, 0.5) is 5.82 Å². The van der Waals surface area contributed by atoms with E-state index in [1.807, 2.05) is 0 Å². The van der Waals surface area contributed by atoms with E-state index in [1.54, 1.807) is 19.0 Å². The van der Waals surface area contributed by atoms with Crippen LogP contribution in [0.3, 0.4) is 0 Å². The second-order valence-electron chi connectivity index (χ2n) is 3.04. The third-order valence-electron chi connectivity index (χ3n) is 2.28. The summed E-state index contributed by atoms with van der Waals surface area (Å²) in [6.45, 7) is 0. The number of imidazole rings is 1. The molecule has 1 aliphatic heterocycles. The lowest BCUT2D eigenvalue weighted by Gasteiger charge is -2.36. The molecular formula is C7H11N5O. The van der Waals surface area contributed by atoms with Crippen LogP contribution >= 0.6 is 0 Å². The van der Waals surface area contributed by atoms with Crippen LogP contribution in [-0.4, -0.2) is 41.2 Å². The summed E-state index contributed by atoms with van der Waals surface area (Å²) < 4.78 is 0. The van der Waals surface area contributed by atoms with Gasteiger partial charge in [0.25, 0.3) is 5.91 Å². The van der Waals surface area contributed by atoms with Crippen molar-refractivity contribution >= 4 is 11.7 Å². The maximum absolute atomic E-state index is 11.6. The SMILES string of the molecule is CN1C(=O)c2[nH]cnc2N(C)C1N. The number of fused-ring (bicyclic) bond motifs is 1. The van der Waals surface area contributed by atoms with Gasteiger partial charge in [0.05, 0.1) is 6.33 Å². The summed E-state index contributed by atoms with van der Waals surface area (Å²) in [5, 5.41) is 0. The Balaban J connectivity index is 2.52. The number of nitrogens with zero attached hydrogens (tertiary/aromatic N) is 3. The lowest BCUT2D eigenvalue weighted by atomic mass is 10.3. The molecule has 0 aromatic carbocycles. The average molecular weight is 181 g/mol. The Bertz CT molecular complexity index is 346. The van der Waals surface area contributed by atoms with Gasteiger partial charge in [-0.2, -0.15) is 0 Å². The first kappa shape index (κ1) is 8.06. The third-order valence-corrected chi connectivity index (χ3v) is 2.28. The van der Waals surface area contributed by atoms with E-state index in [9.17, 15) is 4.79 Å².